The van der Waals surface area contributed by atoms with E-state index in [1.807, 2.05) is 13.0 Å². The van der Waals surface area contributed by atoms with Crippen LogP contribution in [-0.2, 0) is 6.42 Å². The summed E-state index contributed by atoms with van der Waals surface area (Å²) >= 11 is 0. The molecule has 22 heavy (non-hydrogen) atoms. The SMILES string of the molecule is CCCNC(C)CC.CCc1ccc(O)c(NC(=O)NC)c1. The number of phenols is 1. The first-order valence-electron chi connectivity index (χ1n) is 8.02. The molecule has 0 radical (unpaired) electrons. The van der Waals surface area contributed by atoms with E-state index in [0.717, 1.165) is 18.5 Å². The maximum absolute atomic E-state index is 11.0. The van der Waals surface area contributed by atoms with Crippen molar-refractivity contribution in [2.24, 2.45) is 0 Å². The van der Waals surface area contributed by atoms with Crippen LogP contribution >= 0.6 is 0 Å². The monoisotopic (exact) mass is 309 g/mol. The normalized spacial score (nSPS) is 11.1. The number of aromatic hydroxyl groups is 1. The highest BCUT2D eigenvalue weighted by Gasteiger charge is 2.04. The van der Waals surface area contributed by atoms with Gasteiger partial charge in [-0.15, -0.1) is 0 Å². The first kappa shape index (κ1) is 20.2. The Bertz CT molecular complexity index is 436. The van der Waals surface area contributed by atoms with Crippen molar-refractivity contribution >= 4 is 11.7 Å². The van der Waals surface area contributed by atoms with Crippen molar-refractivity contribution in [1.29, 1.82) is 0 Å². The summed E-state index contributed by atoms with van der Waals surface area (Å²) in [6, 6.07) is 5.52. The molecule has 0 aromatic heterocycles. The summed E-state index contributed by atoms with van der Waals surface area (Å²) in [6.45, 7) is 9.78. The number of hydrogen-bond acceptors (Lipinski definition) is 3. The van der Waals surface area contributed by atoms with Crippen molar-refractivity contribution in [1.82, 2.24) is 10.6 Å². The summed E-state index contributed by atoms with van der Waals surface area (Å²) in [5, 5.41) is 17.8. The van der Waals surface area contributed by atoms with Crippen LogP contribution in [0.4, 0.5) is 10.5 Å². The van der Waals surface area contributed by atoms with Crippen LogP contribution < -0.4 is 16.0 Å². The number of phenolic OH excluding ortho intramolecular Hbond substituents is 1. The quantitative estimate of drug-likeness (QED) is 0.608. The lowest BCUT2D eigenvalue weighted by molar-refractivity contribution is 0.254. The highest BCUT2D eigenvalue weighted by molar-refractivity contribution is 5.90. The average Bonchev–Trinajstić information content (AvgIpc) is 2.54. The van der Waals surface area contributed by atoms with Gasteiger partial charge in [0.15, 0.2) is 0 Å². The molecule has 2 amide bonds. The number of aryl methyl sites for hydroxylation is 1. The molecule has 0 heterocycles. The lowest BCUT2D eigenvalue weighted by atomic mass is 10.1. The van der Waals surface area contributed by atoms with Gasteiger partial charge in [0.2, 0.25) is 0 Å². The fraction of sp³-hybridized carbons (Fsp3) is 0.588. The van der Waals surface area contributed by atoms with E-state index in [-0.39, 0.29) is 11.8 Å². The number of amides is 2. The Morgan fingerprint density at radius 3 is 2.45 bits per heavy atom. The third-order valence-electron chi connectivity index (χ3n) is 3.30. The van der Waals surface area contributed by atoms with Crippen molar-refractivity contribution in [3.63, 3.8) is 0 Å². The molecular weight excluding hydrogens is 278 g/mol. The second-order valence-corrected chi connectivity index (χ2v) is 5.17. The molecule has 0 bridgehead atoms. The predicted octanol–water partition coefficient (Wildman–Crippen LogP) is 3.49. The Balaban J connectivity index is 0.000000472. The van der Waals surface area contributed by atoms with Crippen LogP contribution in [0.1, 0.15) is 46.1 Å². The molecule has 1 rings (SSSR count). The molecule has 0 aliphatic rings. The van der Waals surface area contributed by atoms with Crippen LogP contribution in [0.25, 0.3) is 0 Å². The molecule has 126 valence electrons. The zero-order chi connectivity index (χ0) is 17.0. The van der Waals surface area contributed by atoms with Gasteiger partial charge in [0.05, 0.1) is 5.69 Å². The van der Waals surface area contributed by atoms with E-state index < -0.39 is 0 Å². The highest BCUT2D eigenvalue weighted by Crippen LogP contribution is 2.24. The summed E-state index contributed by atoms with van der Waals surface area (Å²) in [5.41, 5.74) is 1.50. The van der Waals surface area contributed by atoms with E-state index in [2.05, 4.69) is 36.7 Å². The molecule has 0 saturated carbocycles. The summed E-state index contributed by atoms with van der Waals surface area (Å²) in [5.74, 6) is 0.0748. The fourth-order valence-electron chi connectivity index (χ4n) is 1.62. The minimum Gasteiger partial charge on any atom is -0.506 e. The highest BCUT2D eigenvalue weighted by atomic mass is 16.3. The lowest BCUT2D eigenvalue weighted by Crippen LogP contribution is -2.25. The number of rotatable bonds is 6. The lowest BCUT2D eigenvalue weighted by Gasteiger charge is -2.08. The van der Waals surface area contributed by atoms with Crippen LogP contribution in [0.2, 0.25) is 0 Å². The molecule has 0 aliphatic carbocycles. The molecule has 0 saturated heterocycles. The second kappa shape index (κ2) is 11.9. The van der Waals surface area contributed by atoms with Crippen LogP contribution in [0, 0.1) is 0 Å². The van der Waals surface area contributed by atoms with E-state index in [1.165, 1.54) is 19.9 Å². The number of urea groups is 1. The third-order valence-corrected chi connectivity index (χ3v) is 3.30. The summed E-state index contributed by atoms with van der Waals surface area (Å²) in [7, 11) is 1.52. The molecule has 5 heteroatoms. The number of carbonyl (C=O) groups is 1. The van der Waals surface area contributed by atoms with Crippen LogP contribution in [0.5, 0.6) is 5.75 Å². The zero-order valence-electron chi connectivity index (χ0n) is 14.5. The minimum atomic E-state index is -0.339. The molecule has 0 spiro atoms. The van der Waals surface area contributed by atoms with Crippen LogP contribution in [0.3, 0.4) is 0 Å². The number of nitrogens with one attached hydrogen (secondary N) is 3. The second-order valence-electron chi connectivity index (χ2n) is 5.17. The van der Waals surface area contributed by atoms with Crippen LogP contribution in [0.15, 0.2) is 18.2 Å². The van der Waals surface area contributed by atoms with Gasteiger partial charge in [0.25, 0.3) is 0 Å². The van der Waals surface area contributed by atoms with Gasteiger partial charge in [-0.05, 0) is 50.4 Å². The molecule has 5 nitrogen and oxygen atoms in total. The van der Waals surface area contributed by atoms with Crippen molar-refractivity contribution in [3.05, 3.63) is 23.8 Å². The first-order valence-corrected chi connectivity index (χ1v) is 8.02. The van der Waals surface area contributed by atoms with Gasteiger partial charge in [-0.25, -0.2) is 4.79 Å². The predicted molar refractivity (Wildman–Crippen MR) is 93.6 cm³/mol. The molecule has 1 aromatic carbocycles. The van der Waals surface area contributed by atoms with E-state index in [1.54, 1.807) is 12.1 Å². The molecule has 1 aromatic rings. The van der Waals surface area contributed by atoms with Crippen molar-refractivity contribution in [3.8, 4) is 5.75 Å². The maximum atomic E-state index is 11.0. The Labute approximate surface area is 134 Å². The van der Waals surface area contributed by atoms with Gasteiger partial charge < -0.3 is 21.1 Å². The van der Waals surface area contributed by atoms with Crippen molar-refractivity contribution < 1.29 is 9.90 Å². The number of hydrogen-bond donors (Lipinski definition) is 4. The zero-order valence-corrected chi connectivity index (χ0v) is 14.5. The maximum Gasteiger partial charge on any atom is 0.319 e. The van der Waals surface area contributed by atoms with Crippen molar-refractivity contribution in [2.45, 2.75) is 53.0 Å². The van der Waals surface area contributed by atoms with E-state index in [4.69, 9.17) is 0 Å². The standard InChI is InChI=1S/C10H14N2O2.C7H17N/c1-3-7-4-5-9(13)8(6-7)12-10(14)11-2;1-4-6-8-7(3)5-2/h4-6,13H,3H2,1-2H3,(H2,11,12,14);7-8H,4-6H2,1-3H3. The topological polar surface area (TPSA) is 73.4 Å². The largest absolute Gasteiger partial charge is 0.506 e. The first-order chi connectivity index (χ1) is 10.5. The van der Waals surface area contributed by atoms with E-state index in [0.29, 0.717) is 11.7 Å². The Kier molecular flexibility index (Phi) is 10.9. The minimum absolute atomic E-state index is 0.0748. The van der Waals surface area contributed by atoms with Gasteiger partial charge in [-0.2, -0.15) is 0 Å². The molecule has 4 N–H and O–H groups in total. The molecule has 1 unspecified atom stereocenters. The van der Waals surface area contributed by atoms with E-state index in [9.17, 15) is 9.90 Å². The molecule has 1 atom stereocenters. The molecular formula is C17H31N3O2. The van der Waals surface area contributed by atoms with Crippen LogP contribution in [-0.4, -0.2) is 30.8 Å². The number of carbonyl (C=O) groups excluding carboxylic acids is 1. The van der Waals surface area contributed by atoms with E-state index >= 15 is 0 Å². The van der Waals surface area contributed by atoms with Gasteiger partial charge >= 0.3 is 6.03 Å². The van der Waals surface area contributed by atoms with Crippen molar-refractivity contribution in [2.75, 3.05) is 18.9 Å². The van der Waals surface area contributed by atoms with Gasteiger partial charge in [-0.3, -0.25) is 0 Å². The summed E-state index contributed by atoms with van der Waals surface area (Å²) < 4.78 is 0. The Hall–Kier alpha value is -1.75. The summed E-state index contributed by atoms with van der Waals surface area (Å²) in [6.07, 6.45) is 3.34. The Morgan fingerprint density at radius 2 is 1.95 bits per heavy atom. The van der Waals surface area contributed by atoms with Gasteiger partial charge in [0, 0.05) is 13.1 Å². The molecule has 0 fully saturated rings. The fourth-order valence-corrected chi connectivity index (χ4v) is 1.62. The average molecular weight is 309 g/mol. The Morgan fingerprint density at radius 1 is 1.27 bits per heavy atom. The van der Waals surface area contributed by atoms with Gasteiger partial charge in [-0.1, -0.05) is 26.8 Å². The number of anilines is 1. The smallest absolute Gasteiger partial charge is 0.319 e. The third kappa shape index (κ3) is 8.52. The summed E-state index contributed by atoms with van der Waals surface area (Å²) in [4.78, 5) is 11.0. The molecule has 0 aliphatic heterocycles. The van der Waals surface area contributed by atoms with Gasteiger partial charge in [0.1, 0.15) is 5.75 Å². The number of benzene rings is 1.